The van der Waals surface area contributed by atoms with E-state index in [1.54, 1.807) is 6.07 Å². The Morgan fingerprint density at radius 3 is 2.78 bits per heavy atom. The first-order chi connectivity index (χ1) is 8.61. The first-order valence-electron chi connectivity index (χ1n) is 6.56. The maximum Gasteiger partial charge on any atom is 0.250 e. The lowest BCUT2D eigenvalue weighted by Crippen LogP contribution is -2.21. The van der Waals surface area contributed by atoms with Crippen LogP contribution in [0.4, 0.5) is 11.4 Å². The van der Waals surface area contributed by atoms with E-state index in [0.717, 1.165) is 18.0 Å². The Labute approximate surface area is 108 Å². The molecule has 1 atom stereocenters. The number of nitrogens with one attached hydrogen (secondary N) is 1. The minimum absolute atomic E-state index is 0.390. The quantitative estimate of drug-likeness (QED) is 0.675. The van der Waals surface area contributed by atoms with Crippen LogP contribution in [0.25, 0.3) is 0 Å². The predicted octanol–water partition coefficient (Wildman–Crippen LogP) is 2.36. The van der Waals surface area contributed by atoms with E-state index < -0.39 is 5.91 Å². The summed E-state index contributed by atoms with van der Waals surface area (Å²) >= 11 is 0. The van der Waals surface area contributed by atoms with Crippen LogP contribution in [0, 0.1) is 5.92 Å². The standard InChI is InChI=1S/C14H21N3O/c1-2-10(8-9-6-7-9)17-12-5-3-4-11(13(12)15)14(16)18/h3-5,9-10,17H,2,6-8,15H2,1H3,(H2,16,18). The van der Waals surface area contributed by atoms with Crippen molar-refractivity contribution in [3.05, 3.63) is 23.8 Å². The average Bonchev–Trinajstić information content (AvgIpc) is 3.14. The highest BCUT2D eigenvalue weighted by atomic mass is 16.1. The Morgan fingerprint density at radius 1 is 1.50 bits per heavy atom. The van der Waals surface area contributed by atoms with Crippen molar-refractivity contribution in [2.24, 2.45) is 11.7 Å². The van der Waals surface area contributed by atoms with E-state index in [1.807, 2.05) is 12.1 Å². The SMILES string of the molecule is CCC(CC1CC1)Nc1cccc(C(N)=O)c1N. The molecule has 1 aromatic carbocycles. The molecular weight excluding hydrogens is 226 g/mol. The van der Waals surface area contributed by atoms with Crippen molar-refractivity contribution in [1.29, 1.82) is 0 Å². The number of primary amides is 1. The smallest absolute Gasteiger partial charge is 0.250 e. The number of para-hydroxylation sites is 1. The van der Waals surface area contributed by atoms with Gasteiger partial charge in [-0.3, -0.25) is 4.79 Å². The van der Waals surface area contributed by atoms with Crippen LogP contribution >= 0.6 is 0 Å². The third-order valence-corrected chi connectivity index (χ3v) is 3.54. The molecule has 1 aromatic rings. The number of hydrogen-bond donors (Lipinski definition) is 3. The summed E-state index contributed by atoms with van der Waals surface area (Å²) in [5, 5.41) is 3.43. The Bertz CT molecular complexity index is 441. The van der Waals surface area contributed by atoms with Crippen LogP contribution in [0.2, 0.25) is 0 Å². The van der Waals surface area contributed by atoms with Crippen molar-refractivity contribution in [3.63, 3.8) is 0 Å². The van der Waals surface area contributed by atoms with Gasteiger partial charge in [0.2, 0.25) is 0 Å². The summed E-state index contributed by atoms with van der Waals surface area (Å²) in [6.07, 6.45) is 4.91. The molecule has 1 aliphatic carbocycles. The first kappa shape index (κ1) is 12.7. The lowest BCUT2D eigenvalue weighted by atomic mass is 10.1. The fourth-order valence-electron chi connectivity index (χ4n) is 2.21. The monoisotopic (exact) mass is 247 g/mol. The molecule has 1 aliphatic rings. The largest absolute Gasteiger partial charge is 0.396 e. The van der Waals surface area contributed by atoms with Crippen molar-refractivity contribution in [2.75, 3.05) is 11.1 Å². The zero-order valence-electron chi connectivity index (χ0n) is 10.8. The fourth-order valence-corrected chi connectivity index (χ4v) is 2.21. The molecule has 1 amide bonds. The Kier molecular flexibility index (Phi) is 3.75. The van der Waals surface area contributed by atoms with Gasteiger partial charge < -0.3 is 16.8 Å². The van der Waals surface area contributed by atoms with Crippen LogP contribution in [0.1, 0.15) is 43.0 Å². The summed E-state index contributed by atoms with van der Waals surface area (Å²) in [7, 11) is 0. The van der Waals surface area contributed by atoms with Crippen molar-refractivity contribution >= 4 is 17.3 Å². The normalized spacial score (nSPS) is 16.3. The zero-order chi connectivity index (χ0) is 13.1. The molecule has 4 nitrogen and oxygen atoms in total. The molecule has 0 heterocycles. The molecule has 5 N–H and O–H groups in total. The molecule has 98 valence electrons. The van der Waals surface area contributed by atoms with E-state index in [4.69, 9.17) is 11.5 Å². The van der Waals surface area contributed by atoms with E-state index in [-0.39, 0.29) is 0 Å². The van der Waals surface area contributed by atoms with Crippen LogP contribution in [-0.4, -0.2) is 11.9 Å². The van der Waals surface area contributed by atoms with Gasteiger partial charge in [0, 0.05) is 6.04 Å². The van der Waals surface area contributed by atoms with Gasteiger partial charge in [-0.2, -0.15) is 0 Å². The number of carbonyl (C=O) groups excluding carboxylic acids is 1. The molecule has 0 aromatic heterocycles. The molecule has 18 heavy (non-hydrogen) atoms. The van der Waals surface area contributed by atoms with Gasteiger partial charge in [-0.05, 0) is 30.9 Å². The average molecular weight is 247 g/mol. The van der Waals surface area contributed by atoms with Crippen LogP contribution in [0.15, 0.2) is 18.2 Å². The maximum absolute atomic E-state index is 11.2. The molecule has 0 spiro atoms. The summed E-state index contributed by atoms with van der Waals surface area (Å²) in [6, 6.07) is 5.79. The van der Waals surface area contributed by atoms with Gasteiger partial charge >= 0.3 is 0 Å². The number of carbonyl (C=O) groups is 1. The summed E-state index contributed by atoms with van der Waals surface area (Å²) in [5.41, 5.74) is 12.9. The molecule has 0 bridgehead atoms. The minimum Gasteiger partial charge on any atom is -0.396 e. The summed E-state index contributed by atoms with van der Waals surface area (Å²) in [5.74, 6) is 0.384. The number of amides is 1. The number of benzene rings is 1. The molecule has 0 saturated heterocycles. The molecule has 2 rings (SSSR count). The molecule has 1 fully saturated rings. The second-order valence-electron chi connectivity index (χ2n) is 5.06. The predicted molar refractivity (Wildman–Crippen MR) is 74.4 cm³/mol. The number of nitrogen functional groups attached to an aromatic ring is 1. The maximum atomic E-state index is 11.2. The summed E-state index contributed by atoms with van der Waals surface area (Å²) in [4.78, 5) is 11.2. The van der Waals surface area contributed by atoms with Crippen molar-refractivity contribution in [2.45, 2.75) is 38.6 Å². The van der Waals surface area contributed by atoms with Crippen LogP contribution in [0.5, 0.6) is 0 Å². The number of nitrogens with two attached hydrogens (primary N) is 2. The van der Waals surface area contributed by atoms with Gasteiger partial charge in [0.25, 0.3) is 5.91 Å². The summed E-state index contributed by atoms with van der Waals surface area (Å²) in [6.45, 7) is 2.16. The molecule has 0 radical (unpaired) electrons. The second kappa shape index (κ2) is 5.29. The lowest BCUT2D eigenvalue weighted by molar-refractivity contribution is 0.100. The van der Waals surface area contributed by atoms with Gasteiger partial charge in [0.1, 0.15) is 0 Å². The lowest BCUT2D eigenvalue weighted by Gasteiger charge is -2.20. The van der Waals surface area contributed by atoms with E-state index in [1.165, 1.54) is 19.3 Å². The summed E-state index contributed by atoms with van der Waals surface area (Å²) < 4.78 is 0. The third kappa shape index (κ3) is 2.94. The molecule has 4 heteroatoms. The second-order valence-corrected chi connectivity index (χ2v) is 5.06. The zero-order valence-corrected chi connectivity index (χ0v) is 10.8. The van der Waals surface area contributed by atoms with Crippen LogP contribution < -0.4 is 16.8 Å². The van der Waals surface area contributed by atoms with Crippen molar-refractivity contribution in [1.82, 2.24) is 0 Å². The fraction of sp³-hybridized carbons (Fsp3) is 0.500. The highest BCUT2D eigenvalue weighted by molar-refractivity contribution is 6.00. The molecule has 0 aliphatic heterocycles. The van der Waals surface area contributed by atoms with Gasteiger partial charge in [-0.25, -0.2) is 0 Å². The van der Waals surface area contributed by atoms with Gasteiger partial charge in [0.15, 0.2) is 0 Å². The third-order valence-electron chi connectivity index (χ3n) is 3.54. The van der Waals surface area contributed by atoms with E-state index >= 15 is 0 Å². The highest BCUT2D eigenvalue weighted by Gasteiger charge is 2.25. The van der Waals surface area contributed by atoms with E-state index in [9.17, 15) is 4.79 Å². The first-order valence-corrected chi connectivity index (χ1v) is 6.56. The van der Waals surface area contributed by atoms with Crippen LogP contribution in [0.3, 0.4) is 0 Å². The highest BCUT2D eigenvalue weighted by Crippen LogP contribution is 2.35. The Hall–Kier alpha value is -1.71. The van der Waals surface area contributed by atoms with Gasteiger partial charge in [0.05, 0.1) is 16.9 Å². The minimum atomic E-state index is -0.480. The van der Waals surface area contributed by atoms with E-state index in [2.05, 4.69) is 12.2 Å². The number of rotatable bonds is 6. The number of anilines is 2. The molecule has 1 saturated carbocycles. The molecule has 1 unspecified atom stereocenters. The van der Waals surface area contributed by atoms with E-state index in [0.29, 0.717) is 17.3 Å². The Balaban J connectivity index is 2.11. The van der Waals surface area contributed by atoms with Gasteiger partial charge in [-0.15, -0.1) is 0 Å². The topological polar surface area (TPSA) is 81.1 Å². The number of hydrogen-bond acceptors (Lipinski definition) is 3. The van der Waals surface area contributed by atoms with Crippen molar-refractivity contribution < 1.29 is 4.79 Å². The Morgan fingerprint density at radius 2 is 2.22 bits per heavy atom. The van der Waals surface area contributed by atoms with Crippen molar-refractivity contribution in [3.8, 4) is 0 Å². The van der Waals surface area contributed by atoms with Gasteiger partial charge in [-0.1, -0.05) is 25.8 Å². The van der Waals surface area contributed by atoms with Crippen LogP contribution in [-0.2, 0) is 0 Å². The molecular formula is C14H21N3O.